The summed E-state index contributed by atoms with van der Waals surface area (Å²) in [5, 5.41) is 0.748. The van der Waals surface area contributed by atoms with E-state index in [4.69, 9.17) is 9.47 Å². The number of aromatic nitrogens is 2. The zero-order chi connectivity index (χ0) is 19.2. The van der Waals surface area contributed by atoms with Gasteiger partial charge in [0.15, 0.2) is 5.16 Å². The number of imidazole rings is 1. The number of carbonyl (C=O) groups is 1. The molecule has 3 rings (SSSR count). The summed E-state index contributed by atoms with van der Waals surface area (Å²) < 4.78 is 12.3. The minimum atomic E-state index is -0.244. The van der Waals surface area contributed by atoms with Crippen LogP contribution in [-0.4, -0.2) is 35.0 Å². The van der Waals surface area contributed by atoms with Crippen LogP contribution in [0.5, 0.6) is 5.75 Å². The highest BCUT2D eigenvalue weighted by Crippen LogP contribution is 2.31. The predicted molar refractivity (Wildman–Crippen MR) is 108 cm³/mol. The summed E-state index contributed by atoms with van der Waals surface area (Å²) >= 11 is 1.37. The Morgan fingerprint density at radius 1 is 1.11 bits per heavy atom. The van der Waals surface area contributed by atoms with E-state index in [0.29, 0.717) is 6.61 Å². The number of benzene rings is 2. The van der Waals surface area contributed by atoms with Gasteiger partial charge in [-0.1, -0.05) is 29.5 Å². The maximum absolute atomic E-state index is 11.8. The van der Waals surface area contributed by atoms with Crippen LogP contribution in [0.1, 0.15) is 12.5 Å². The van der Waals surface area contributed by atoms with Gasteiger partial charge in [-0.3, -0.25) is 9.36 Å². The fourth-order valence-corrected chi connectivity index (χ4v) is 3.46. The van der Waals surface area contributed by atoms with Crippen LogP contribution >= 0.6 is 11.8 Å². The summed E-state index contributed by atoms with van der Waals surface area (Å²) in [6.07, 6.45) is 1.83. The van der Waals surface area contributed by atoms with E-state index >= 15 is 0 Å². The molecular formula is C21H22N2O3S. The molecule has 0 bridgehead atoms. The second kappa shape index (κ2) is 8.77. The Hall–Kier alpha value is -2.73. The topological polar surface area (TPSA) is 53.4 Å². The smallest absolute Gasteiger partial charge is 0.316 e. The Morgan fingerprint density at radius 2 is 1.81 bits per heavy atom. The molecule has 0 atom stereocenters. The molecule has 6 heteroatoms. The van der Waals surface area contributed by atoms with Gasteiger partial charge in [-0.05, 0) is 50.2 Å². The van der Waals surface area contributed by atoms with E-state index in [1.807, 2.05) is 30.5 Å². The van der Waals surface area contributed by atoms with Crippen molar-refractivity contribution >= 4 is 17.7 Å². The number of esters is 1. The van der Waals surface area contributed by atoms with Crippen molar-refractivity contribution in [2.75, 3.05) is 19.5 Å². The summed E-state index contributed by atoms with van der Waals surface area (Å²) in [4.78, 5) is 16.3. The second-order valence-corrected chi connectivity index (χ2v) is 6.86. The van der Waals surface area contributed by atoms with Crippen molar-refractivity contribution in [1.29, 1.82) is 0 Å². The van der Waals surface area contributed by atoms with E-state index in [2.05, 4.69) is 40.7 Å². The Balaban J connectivity index is 1.99. The molecule has 0 saturated carbocycles. The van der Waals surface area contributed by atoms with Gasteiger partial charge in [0.25, 0.3) is 0 Å². The molecule has 1 heterocycles. The van der Waals surface area contributed by atoms with Crippen LogP contribution in [0.2, 0.25) is 0 Å². The third-order valence-corrected chi connectivity index (χ3v) is 4.96. The molecule has 0 aliphatic rings. The number of methoxy groups -OCH3 is 1. The molecule has 0 unspecified atom stereocenters. The monoisotopic (exact) mass is 382 g/mol. The first kappa shape index (κ1) is 19.0. The van der Waals surface area contributed by atoms with Crippen LogP contribution in [0.15, 0.2) is 59.9 Å². The minimum absolute atomic E-state index is 0.221. The van der Waals surface area contributed by atoms with E-state index in [0.717, 1.165) is 27.9 Å². The Labute approximate surface area is 163 Å². The number of aryl methyl sites for hydroxylation is 1. The Bertz CT molecular complexity index is 902. The van der Waals surface area contributed by atoms with Gasteiger partial charge in [0.1, 0.15) is 5.75 Å². The molecule has 0 fully saturated rings. The van der Waals surface area contributed by atoms with E-state index in [-0.39, 0.29) is 11.7 Å². The number of ether oxygens (including phenoxy) is 2. The summed E-state index contributed by atoms with van der Waals surface area (Å²) in [6.45, 7) is 4.24. The van der Waals surface area contributed by atoms with Gasteiger partial charge in [-0.25, -0.2) is 4.98 Å². The van der Waals surface area contributed by atoms with Crippen LogP contribution in [-0.2, 0) is 9.53 Å². The minimum Gasteiger partial charge on any atom is -0.497 e. The molecule has 0 aliphatic heterocycles. The molecule has 2 aromatic carbocycles. The first-order valence-electron chi connectivity index (χ1n) is 8.70. The highest BCUT2D eigenvalue weighted by Gasteiger charge is 2.16. The molecule has 27 heavy (non-hydrogen) atoms. The zero-order valence-electron chi connectivity index (χ0n) is 15.6. The number of carbonyl (C=O) groups excluding carboxylic acids is 1. The summed E-state index contributed by atoms with van der Waals surface area (Å²) in [6, 6.07) is 16.1. The molecular weight excluding hydrogens is 360 g/mol. The van der Waals surface area contributed by atoms with Crippen LogP contribution < -0.4 is 4.74 Å². The van der Waals surface area contributed by atoms with Gasteiger partial charge in [-0.15, -0.1) is 0 Å². The van der Waals surface area contributed by atoms with Gasteiger partial charge >= 0.3 is 5.97 Å². The molecule has 0 aliphatic carbocycles. The van der Waals surface area contributed by atoms with E-state index < -0.39 is 0 Å². The highest BCUT2D eigenvalue weighted by molar-refractivity contribution is 7.99. The van der Waals surface area contributed by atoms with Crippen LogP contribution in [0.25, 0.3) is 16.9 Å². The molecule has 1 aromatic heterocycles. The average Bonchev–Trinajstić information content (AvgIpc) is 3.11. The summed E-state index contributed by atoms with van der Waals surface area (Å²) in [5.41, 5.74) is 4.15. The predicted octanol–water partition coefficient (Wildman–Crippen LogP) is 4.51. The van der Waals surface area contributed by atoms with Crippen molar-refractivity contribution in [2.45, 2.75) is 19.0 Å². The molecule has 0 N–H and O–H groups in total. The van der Waals surface area contributed by atoms with Crippen molar-refractivity contribution in [1.82, 2.24) is 9.55 Å². The van der Waals surface area contributed by atoms with Gasteiger partial charge in [0.2, 0.25) is 0 Å². The maximum atomic E-state index is 11.8. The lowest BCUT2D eigenvalue weighted by Gasteiger charge is -2.13. The fraction of sp³-hybridized carbons (Fsp3) is 0.238. The van der Waals surface area contributed by atoms with Crippen molar-refractivity contribution < 1.29 is 14.3 Å². The average molecular weight is 382 g/mol. The molecule has 5 nitrogen and oxygen atoms in total. The standard InChI is InChI=1S/C21H22N2O3S/c1-4-26-20(24)14-27-21-22-13-19(16-7-11-18(25-3)12-8-16)23(21)17-9-5-15(2)6-10-17/h5-13H,4,14H2,1-3H3. The third-order valence-electron chi connectivity index (χ3n) is 4.03. The molecule has 3 aromatic rings. The maximum Gasteiger partial charge on any atom is 0.316 e. The van der Waals surface area contributed by atoms with Crippen molar-refractivity contribution in [3.05, 3.63) is 60.3 Å². The number of nitrogens with zero attached hydrogens (tertiary/aromatic N) is 2. The normalized spacial score (nSPS) is 10.6. The van der Waals surface area contributed by atoms with Gasteiger partial charge in [0, 0.05) is 11.3 Å². The van der Waals surface area contributed by atoms with Gasteiger partial charge in [0.05, 0.1) is 31.4 Å². The Morgan fingerprint density at radius 3 is 2.44 bits per heavy atom. The SMILES string of the molecule is CCOC(=O)CSc1ncc(-c2ccc(OC)cc2)n1-c1ccc(C)cc1. The third kappa shape index (κ3) is 4.52. The van der Waals surface area contributed by atoms with E-state index in [9.17, 15) is 4.79 Å². The summed E-state index contributed by atoms with van der Waals surface area (Å²) in [5.74, 6) is 0.780. The molecule has 0 radical (unpaired) electrons. The fourth-order valence-electron chi connectivity index (χ4n) is 2.67. The zero-order valence-corrected chi connectivity index (χ0v) is 16.5. The molecule has 0 saturated heterocycles. The lowest BCUT2D eigenvalue weighted by Crippen LogP contribution is -2.08. The van der Waals surface area contributed by atoms with Crippen LogP contribution in [0, 0.1) is 6.92 Å². The first-order valence-corrected chi connectivity index (χ1v) is 9.68. The number of rotatable bonds is 7. The number of thioether (sulfide) groups is 1. The van der Waals surface area contributed by atoms with Crippen molar-refractivity contribution in [3.8, 4) is 22.7 Å². The Kier molecular flexibility index (Phi) is 6.19. The van der Waals surface area contributed by atoms with Crippen LogP contribution in [0.3, 0.4) is 0 Å². The quantitative estimate of drug-likeness (QED) is 0.444. The largest absolute Gasteiger partial charge is 0.497 e. The van der Waals surface area contributed by atoms with Gasteiger partial charge < -0.3 is 9.47 Å². The molecule has 0 amide bonds. The number of hydrogen-bond acceptors (Lipinski definition) is 5. The lowest BCUT2D eigenvalue weighted by molar-refractivity contribution is -0.139. The second-order valence-electron chi connectivity index (χ2n) is 5.92. The van der Waals surface area contributed by atoms with Gasteiger partial charge in [-0.2, -0.15) is 0 Å². The molecule has 140 valence electrons. The summed E-state index contributed by atoms with van der Waals surface area (Å²) in [7, 11) is 1.65. The van der Waals surface area contributed by atoms with E-state index in [1.54, 1.807) is 14.0 Å². The van der Waals surface area contributed by atoms with Crippen LogP contribution in [0.4, 0.5) is 0 Å². The first-order chi connectivity index (χ1) is 13.1. The highest BCUT2D eigenvalue weighted by atomic mass is 32.2. The van der Waals surface area contributed by atoms with Crippen molar-refractivity contribution in [3.63, 3.8) is 0 Å². The molecule has 0 spiro atoms. The van der Waals surface area contributed by atoms with Crippen molar-refractivity contribution in [2.24, 2.45) is 0 Å². The number of hydrogen-bond donors (Lipinski definition) is 0. The lowest BCUT2D eigenvalue weighted by atomic mass is 10.1. The van der Waals surface area contributed by atoms with E-state index in [1.165, 1.54) is 17.3 Å².